The summed E-state index contributed by atoms with van der Waals surface area (Å²) in [6.07, 6.45) is 1.07. The molecule has 1 rings (SSSR count). The highest BCUT2D eigenvalue weighted by atomic mass is 32.1. The van der Waals surface area contributed by atoms with E-state index in [1.807, 2.05) is 0 Å². The maximum absolute atomic E-state index is 12.3. The van der Waals surface area contributed by atoms with Gasteiger partial charge >= 0.3 is 5.97 Å². The standard InChI is InChI=1S/C10H17N3O4S/c11-4-3-10(6-18,12-17)9(16)13-5-1-2-7(13)8(14)15/h7,18H,1-6,11H2,(H,14,15)/t7-,10?/m0/s1. The van der Waals surface area contributed by atoms with Gasteiger partial charge in [-0.05, 0) is 25.8 Å². The number of thiol groups is 1. The molecule has 0 saturated carbocycles. The van der Waals surface area contributed by atoms with Crippen LogP contribution < -0.4 is 5.73 Å². The Hall–Kier alpha value is -1.15. The third-order valence-corrected chi connectivity index (χ3v) is 3.71. The maximum Gasteiger partial charge on any atom is 0.326 e. The molecule has 1 aliphatic heterocycles. The van der Waals surface area contributed by atoms with Crippen molar-refractivity contribution in [2.45, 2.75) is 30.8 Å². The summed E-state index contributed by atoms with van der Waals surface area (Å²) in [5.41, 5.74) is 3.83. The Morgan fingerprint density at radius 2 is 2.22 bits per heavy atom. The Kier molecular flexibility index (Phi) is 5.09. The van der Waals surface area contributed by atoms with Crippen molar-refractivity contribution in [2.75, 3.05) is 18.8 Å². The number of hydrogen-bond acceptors (Lipinski definition) is 6. The summed E-state index contributed by atoms with van der Waals surface area (Å²) < 4.78 is 0. The lowest BCUT2D eigenvalue weighted by Crippen LogP contribution is -2.53. The van der Waals surface area contributed by atoms with Gasteiger partial charge in [0, 0.05) is 12.3 Å². The first-order valence-corrected chi connectivity index (χ1v) is 6.35. The van der Waals surface area contributed by atoms with Crippen molar-refractivity contribution in [3.8, 4) is 0 Å². The van der Waals surface area contributed by atoms with Gasteiger partial charge in [0.15, 0.2) is 5.54 Å². The molecular weight excluding hydrogens is 258 g/mol. The zero-order valence-corrected chi connectivity index (χ0v) is 10.8. The van der Waals surface area contributed by atoms with Crippen molar-refractivity contribution in [1.29, 1.82) is 0 Å². The molecule has 1 unspecified atom stereocenters. The largest absolute Gasteiger partial charge is 0.480 e. The summed E-state index contributed by atoms with van der Waals surface area (Å²) in [5.74, 6) is -1.72. The summed E-state index contributed by atoms with van der Waals surface area (Å²) in [7, 11) is 0. The predicted octanol–water partition coefficient (Wildman–Crippen LogP) is -0.154. The third kappa shape index (κ3) is 2.64. The number of amides is 1. The number of nitrogens with zero attached hydrogens (tertiary/aromatic N) is 2. The van der Waals surface area contributed by atoms with E-state index in [9.17, 15) is 14.5 Å². The highest BCUT2D eigenvalue weighted by molar-refractivity contribution is 7.80. The fraction of sp³-hybridized carbons (Fsp3) is 0.800. The molecule has 0 aromatic carbocycles. The number of nitrogens with two attached hydrogens (primary N) is 1. The Bertz CT molecular complexity index is 352. The van der Waals surface area contributed by atoms with Gasteiger partial charge in [-0.25, -0.2) is 4.79 Å². The second kappa shape index (κ2) is 6.14. The number of hydrogen-bond donors (Lipinski definition) is 3. The van der Waals surface area contributed by atoms with Crippen LogP contribution in [0, 0.1) is 4.91 Å². The summed E-state index contributed by atoms with van der Waals surface area (Å²) in [6.45, 7) is 0.440. The first kappa shape index (κ1) is 14.9. The molecule has 0 spiro atoms. The van der Waals surface area contributed by atoms with Crippen LogP contribution in [-0.4, -0.2) is 52.3 Å². The van der Waals surface area contributed by atoms with E-state index >= 15 is 0 Å². The Balaban J connectivity index is 2.95. The number of aliphatic carboxylic acids is 1. The van der Waals surface area contributed by atoms with E-state index in [0.29, 0.717) is 19.4 Å². The van der Waals surface area contributed by atoms with Crippen molar-refractivity contribution < 1.29 is 14.7 Å². The van der Waals surface area contributed by atoms with Crippen LogP contribution in [0.25, 0.3) is 0 Å². The van der Waals surface area contributed by atoms with Gasteiger partial charge in [0.1, 0.15) is 6.04 Å². The second-order valence-electron chi connectivity index (χ2n) is 4.31. The highest BCUT2D eigenvalue weighted by Gasteiger charge is 2.46. The molecule has 8 heteroatoms. The minimum absolute atomic E-state index is 0.0711. The first-order valence-electron chi connectivity index (χ1n) is 5.71. The van der Waals surface area contributed by atoms with E-state index in [0.717, 1.165) is 0 Å². The van der Waals surface area contributed by atoms with Gasteiger partial charge in [-0.15, -0.1) is 4.91 Å². The Labute approximate surface area is 110 Å². The summed E-state index contributed by atoms with van der Waals surface area (Å²) >= 11 is 3.98. The number of carbonyl (C=O) groups excluding carboxylic acids is 1. The molecule has 1 fully saturated rings. The minimum atomic E-state index is -1.55. The molecule has 0 radical (unpaired) electrons. The van der Waals surface area contributed by atoms with E-state index in [2.05, 4.69) is 17.8 Å². The molecule has 0 bridgehead atoms. The van der Waals surface area contributed by atoms with Gasteiger partial charge in [0.05, 0.1) is 0 Å². The van der Waals surface area contributed by atoms with Gasteiger partial charge in [0.2, 0.25) is 0 Å². The number of carboxylic acid groups (broad SMARTS) is 1. The van der Waals surface area contributed by atoms with Crippen molar-refractivity contribution in [1.82, 2.24) is 4.90 Å². The SMILES string of the molecule is NCCC(CS)(N=O)C(=O)N1CCC[C@H]1C(=O)O. The van der Waals surface area contributed by atoms with E-state index < -0.39 is 23.5 Å². The minimum Gasteiger partial charge on any atom is -0.480 e. The van der Waals surface area contributed by atoms with E-state index in [-0.39, 0.29) is 18.7 Å². The molecule has 102 valence electrons. The normalized spacial score (nSPS) is 22.6. The van der Waals surface area contributed by atoms with E-state index in [4.69, 9.17) is 10.8 Å². The molecular formula is C10H17N3O4S. The number of likely N-dealkylation sites (tertiary alicyclic amines) is 1. The molecule has 2 atom stereocenters. The second-order valence-corrected chi connectivity index (χ2v) is 4.63. The van der Waals surface area contributed by atoms with Crippen LogP contribution >= 0.6 is 12.6 Å². The summed E-state index contributed by atoms with van der Waals surface area (Å²) in [5, 5.41) is 11.9. The average molecular weight is 275 g/mol. The first-order chi connectivity index (χ1) is 8.52. The topological polar surface area (TPSA) is 113 Å². The highest BCUT2D eigenvalue weighted by Crippen LogP contribution is 2.26. The molecule has 0 aromatic rings. The molecule has 7 nitrogen and oxygen atoms in total. The number of carbonyl (C=O) groups is 2. The zero-order chi connectivity index (χ0) is 13.8. The number of rotatable bonds is 6. The lowest BCUT2D eigenvalue weighted by molar-refractivity contribution is -0.150. The molecule has 1 amide bonds. The van der Waals surface area contributed by atoms with Crippen molar-refractivity contribution >= 4 is 24.5 Å². The summed E-state index contributed by atoms with van der Waals surface area (Å²) in [4.78, 5) is 35.5. The fourth-order valence-electron chi connectivity index (χ4n) is 2.14. The fourth-order valence-corrected chi connectivity index (χ4v) is 2.49. The molecule has 3 N–H and O–H groups in total. The van der Waals surface area contributed by atoms with Crippen LogP contribution in [0.4, 0.5) is 0 Å². The lowest BCUT2D eigenvalue weighted by Gasteiger charge is -2.30. The van der Waals surface area contributed by atoms with Gasteiger partial charge in [-0.2, -0.15) is 12.6 Å². The van der Waals surface area contributed by atoms with Crippen molar-refractivity contribution in [2.24, 2.45) is 10.9 Å². The molecule has 18 heavy (non-hydrogen) atoms. The smallest absolute Gasteiger partial charge is 0.326 e. The number of nitroso groups, excluding NO2 is 1. The van der Waals surface area contributed by atoms with Crippen LogP contribution in [0.3, 0.4) is 0 Å². The van der Waals surface area contributed by atoms with Gasteiger partial charge < -0.3 is 15.7 Å². The summed E-state index contributed by atoms with van der Waals surface area (Å²) in [6, 6.07) is -0.878. The average Bonchev–Trinajstić information content (AvgIpc) is 2.84. The number of carboxylic acids is 1. The van der Waals surface area contributed by atoms with Crippen LogP contribution in [-0.2, 0) is 9.59 Å². The quantitative estimate of drug-likeness (QED) is 0.460. The zero-order valence-electron chi connectivity index (χ0n) is 9.91. The monoisotopic (exact) mass is 275 g/mol. The lowest BCUT2D eigenvalue weighted by atomic mass is 9.96. The van der Waals surface area contributed by atoms with Crippen LogP contribution in [0.5, 0.6) is 0 Å². The van der Waals surface area contributed by atoms with Crippen LogP contribution in [0.2, 0.25) is 0 Å². The Morgan fingerprint density at radius 3 is 2.67 bits per heavy atom. The van der Waals surface area contributed by atoms with Gasteiger partial charge in [0.25, 0.3) is 5.91 Å². The predicted molar refractivity (Wildman–Crippen MR) is 68.4 cm³/mol. The molecule has 1 saturated heterocycles. The van der Waals surface area contributed by atoms with Crippen molar-refractivity contribution in [3.05, 3.63) is 4.91 Å². The van der Waals surface area contributed by atoms with Gasteiger partial charge in [-0.1, -0.05) is 5.18 Å². The Morgan fingerprint density at radius 1 is 1.56 bits per heavy atom. The van der Waals surface area contributed by atoms with E-state index in [1.54, 1.807) is 0 Å². The molecule has 1 aliphatic rings. The third-order valence-electron chi connectivity index (χ3n) is 3.19. The van der Waals surface area contributed by atoms with Gasteiger partial charge in [-0.3, -0.25) is 4.79 Å². The van der Waals surface area contributed by atoms with Crippen molar-refractivity contribution in [3.63, 3.8) is 0 Å². The van der Waals surface area contributed by atoms with Crippen LogP contribution in [0.1, 0.15) is 19.3 Å². The molecule has 1 heterocycles. The maximum atomic E-state index is 12.3. The van der Waals surface area contributed by atoms with E-state index in [1.165, 1.54) is 4.90 Å². The van der Waals surface area contributed by atoms with Crippen LogP contribution in [0.15, 0.2) is 5.18 Å². The molecule has 0 aromatic heterocycles. The molecule has 0 aliphatic carbocycles.